The van der Waals surface area contributed by atoms with Crippen molar-refractivity contribution in [3.63, 3.8) is 0 Å². The van der Waals surface area contributed by atoms with Gasteiger partial charge in [-0.05, 0) is 25.7 Å². The normalized spacial score (nSPS) is 26.3. The molecule has 1 saturated carbocycles. The van der Waals surface area contributed by atoms with Gasteiger partial charge in [0, 0.05) is 6.54 Å². The SMILES string of the molecule is NC(=O)N1CCC[C@H]1C(=O)OC1CC1. The largest absolute Gasteiger partial charge is 0.461 e. The third kappa shape index (κ3) is 1.81. The van der Waals surface area contributed by atoms with E-state index in [1.807, 2.05) is 0 Å². The fourth-order valence-electron chi connectivity index (χ4n) is 1.70. The highest BCUT2D eigenvalue weighted by Crippen LogP contribution is 2.26. The van der Waals surface area contributed by atoms with E-state index in [1.165, 1.54) is 4.90 Å². The monoisotopic (exact) mass is 198 g/mol. The first-order valence-corrected chi connectivity index (χ1v) is 4.95. The number of nitrogens with two attached hydrogens (primary N) is 1. The molecule has 2 amide bonds. The van der Waals surface area contributed by atoms with Crippen LogP contribution in [0, 0.1) is 0 Å². The summed E-state index contributed by atoms with van der Waals surface area (Å²) in [6.07, 6.45) is 3.50. The van der Waals surface area contributed by atoms with Gasteiger partial charge in [-0.3, -0.25) is 0 Å². The molecule has 5 heteroatoms. The average molecular weight is 198 g/mol. The molecule has 1 saturated heterocycles. The molecule has 2 rings (SSSR count). The number of carbonyl (C=O) groups is 2. The van der Waals surface area contributed by atoms with Crippen LogP contribution in [0.2, 0.25) is 0 Å². The number of hydrogen-bond donors (Lipinski definition) is 1. The minimum absolute atomic E-state index is 0.0952. The highest BCUT2D eigenvalue weighted by Gasteiger charge is 2.37. The average Bonchev–Trinajstić information content (AvgIpc) is 2.81. The lowest BCUT2D eigenvalue weighted by atomic mass is 10.2. The van der Waals surface area contributed by atoms with Crippen LogP contribution in [0.25, 0.3) is 0 Å². The molecule has 0 spiro atoms. The van der Waals surface area contributed by atoms with E-state index in [2.05, 4.69) is 0 Å². The number of primary amides is 1. The van der Waals surface area contributed by atoms with E-state index >= 15 is 0 Å². The smallest absolute Gasteiger partial charge is 0.329 e. The highest BCUT2D eigenvalue weighted by atomic mass is 16.5. The molecule has 0 unspecified atom stereocenters. The second-order valence-electron chi connectivity index (χ2n) is 3.83. The lowest BCUT2D eigenvalue weighted by Crippen LogP contribution is -2.44. The summed E-state index contributed by atoms with van der Waals surface area (Å²) in [7, 11) is 0. The van der Waals surface area contributed by atoms with E-state index in [1.54, 1.807) is 0 Å². The number of ether oxygens (including phenoxy) is 1. The molecule has 0 radical (unpaired) electrons. The first-order chi connectivity index (χ1) is 6.68. The Labute approximate surface area is 82.2 Å². The molecule has 5 nitrogen and oxygen atoms in total. The topological polar surface area (TPSA) is 72.6 Å². The molecular weight excluding hydrogens is 184 g/mol. The van der Waals surface area contributed by atoms with Crippen molar-refractivity contribution in [1.82, 2.24) is 4.90 Å². The van der Waals surface area contributed by atoms with Crippen molar-refractivity contribution in [1.29, 1.82) is 0 Å². The lowest BCUT2D eigenvalue weighted by molar-refractivity contribution is -0.149. The zero-order valence-electron chi connectivity index (χ0n) is 7.94. The van der Waals surface area contributed by atoms with Crippen LogP contribution in [0.1, 0.15) is 25.7 Å². The maximum atomic E-state index is 11.5. The molecule has 2 N–H and O–H groups in total. The third-order valence-corrected chi connectivity index (χ3v) is 2.62. The number of esters is 1. The molecular formula is C9H14N2O3. The number of likely N-dealkylation sites (tertiary alicyclic amines) is 1. The third-order valence-electron chi connectivity index (χ3n) is 2.62. The Morgan fingerprint density at radius 3 is 2.57 bits per heavy atom. The lowest BCUT2D eigenvalue weighted by Gasteiger charge is -2.20. The first-order valence-electron chi connectivity index (χ1n) is 4.95. The van der Waals surface area contributed by atoms with Gasteiger partial charge in [-0.25, -0.2) is 9.59 Å². The van der Waals surface area contributed by atoms with Gasteiger partial charge >= 0.3 is 12.0 Å². The second-order valence-corrected chi connectivity index (χ2v) is 3.83. The summed E-state index contributed by atoms with van der Waals surface area (Å²) in [6.45, 7) is 0.569. The standard InChI is InChI=1S/C9H14N2O3/c10-9(13)11-5-1-2-7(11)8(12)14-6-3-4-6/h6-7H,1-5H2,(H2,10,13)/t7-/m0/s1. The molecule has 78 valence electrons. The van der Waals surface area contributed by atoms with Crippen LogP contribution in [-0.2, 0) is 9.53 Å². The summed E-state index contributed by atoms with van der Waals surface area (Å²) in [6, 6.07) is -0.964. The van der Waals surface area contributed by atoms with Crippen LogP contribution in [0.3, 0.4) is 0 Å². The zero-order valence-corrected chi connectivity index (χ0v) is 7.94. The fourth-order valence-corrected chi connectivity index (χ4v) is 1.70. The summed E-state index contributed by atoms with van der Waals surface area (Å²) in [5.41, 5.74) is 5.15. The van der Waals surface area contributed by atoms with Crippen LogP contribution in [0.15, 0.2) is 0 Å². The summed E-state index contributed by atoms with van der Waals surface area (Å²) in [5.74, 6) is -0.288. The van der Waals surface area contributed by atoms with Crippen molar-refractivity contribution >= 4 is 12.0 Å². The molecule has 1 aliphatic carbocycles. The predicted molar refractivity (Wildman–Crippen MR) is 48.4 cm³/mol. The van der Waals surface area contributed by atoms with Gasteiger partial charge in [0.05, 0.1) is 0 Å². The van der Waals surface area contributed by atoms with Crippen molar-refractivity contribution < 1.29 is 14.3 Å². The van der Waals surface area contributed by atoms with Gasteiger partial charge in [-0.15, -0.1) is 0 Å². The van der Waals surface area contributed by atoms with Gasteiger partial charge in [0.15, 0.2) is 0 Å². The van der Waals surface area contributed by atoms with E-state index in [0.717, 1.165) is 19.3 Å². The molecule has 2 aliphatic rings. The molecule has 0 aromatic rings. The number of hydrogen-bond acceptors (Lipinski definition) is 3. The maximum Gasteiger partial charge on any atom is 0.329 e. The van der Waals surface area contributed by atoms with Crippen LogP contribution >= 0.6 is 0 Å². The summed E-state index contributed by atoms with van der Waals surface area (Å²) >= 11 is 0. The molecule has 0 aromatic carbocycles. The van der Waals surface area contributed by atoms with E-state index in [9.17, 15) is 9.59 Å². The van der Waals surface area contributed by atoms with Crippen molar-refractivity contribution in [3.05, 3.63) is 0 Å². The predicted octanol–water partition coefficient (Wildman–Crippen LogP) is 0.235. The van der Waals surface area contributed by atoms with Crippen LogP contribution in [0.4, 0.5) is 4.79 Å². The number of urea groups is 1. The van der Waals surface area contributed by atoms with Gasteiger partial charge in [0.2, 0.25) is 0 Å². The Bertz CT molecular complexity index is 263. The van der Waals surface area contributed by atoms with E-state index in [0.29, 0.717) is 13.0 Å². The Balaban J connectivity index is 1.93. The van der Waals surface area contributed by atoms with Crippen molar-refractivity contribution in [2.75, 3.05) is 6.54 Å². The highest BCUT2D eigenvalue weighted by molar-refractivity contribution is 5.83. The minimum Gasteiger partial charge on any atom is -0.461 e. The van der Waals surface area contributed by atoms with Crippen molar-refractivity contribution in [2.45, 2.75) is 37.8 Å². The van der Waals surface area contributed by atoms with Gasteiger partial charge in [-0.2, -0.15) is 0 Å². The number of amides is 2. The molecule has 0 aromatic heterocycles. The quantitative estimate of drug-likeness (QED) is 0.646. The zero-order chi connectivity index (χ0) is 10.1. The minimum atomic E-state index is -0.528. The second kappa shape index (κ2) is 3.48. The van der Waals surface area contributed by atoms with Gasteiger partial charge < -0.3 is 15.4 Å². The molecule has 1 heterocycles. The molecule has 14 heavy (non-hydrogen) atoms. The number of carbonyl (C=O) groups excluding carboxylic acids is 2. The number of nitrogens with zero attached hydrogens (tertiary/aromatic N) is 1. The Kier molecular flexibility index (Phi) is 2.31. The Morgan fingerprint density at radius 2 is 2.00 bits per heavy atom. The van der Waals surface area contributed by atoms with Crippen LogP contribution in [0.5, 0.6) is 0 Å². The van der Waals surface area contributed by atoms with Crippen LogP contribution in [-0.4, -0.2) is 35.6 Å². The van der Waals surface area contributed by atoms with E-state index in [4.69, 9.17) is 10.5 Å². The van der Waals surface area contributed by atoms with Crippen molar-refractivity contribution in [3.8, 4) is 0 Å². The Morgan fingerprint density at radius 1 is 1.29 bits per heavy atom. The summed E-state index contributed by atoms with van der Waals surface area (Å²) in [5, 5.41) is 0. The van der Waals surface area contributed by atoms with E-state index < -0.39 is 12.1 Å². The summed E-state index contributed by atoms with van der Waals surface area (Å²) < 4.78 is 5.14. The first kappa shape index (κ1) is 9.30. The summed E-state index contributed by atoms with van der Waals surface area (Å²) in [4.78, 5) is 23.9. The molecule has 0 bridgehead atoms. The molecule has 1 atom stereocenters. The number of rotatable bonds is 2. The van der Waals surface area contributed by atoms with Gasteiger partial charge in [0.1, 0.15) is 12.1 Å². The molecule has 1 aliphatic heterocycles. The maximum absolute atomic E-state index is 11.5. The van der Waals surface area contributed by atoms with Crippen molar-refractivity contribution in [2.24, 2.45) is 5.73 Å². The van der Waals surface area contributed by atoms with E-state index in [-0.39, 0.29) is 12.1 Å². The van der Waals surface area contributed by atoms with Crippen LogP contribution < -0.4 is 5.73 Å². The Hall–Kier alpha value is -1.26. The fraction of sp³-hybridized carbons (Fsp3) is 0.778. The molecule has 2 fully saturated rings. The van der Waals surface area contributed by atoms with Gasteiger partial charge in [-0.1, -0.05) is 0 Å². The van der Waals surface area contributed by atoms with Gasteiger partial charge in [0.25, 0.3) is 0 Å².